The molecule has 0 spiro atoms. The lowest BCUT2D eigenvalue weighted by atomic mass is 9.99. The molecule has 0 aliphatic carbocycles. The molecule has 3 aromatic carbocycles. The number of amides is 2. The maximum absolute atomic E-state index is 15.2. The Kier molecular flexibility index (Phi) is 9.43. The molecule has 2 aromatic heterocycles. The van der Waals surface area contributed by atoms with E-state index < -0.39 is 29.3 Å². The summed E-state index contributed by atoms with van der Waals surface area (Å²) in [6, 6.07) is 20.1. The Hall–Kier alpha value is -5.16. The van der Waals surface area contributed by atoms with Crippen molar-refractivity contribution in [1.82, 2.24) is 24.6 Å². The molecule has 0 fully saturated rings. The molecule has 0 radical (unpaired) electrons. The summed E-state index contributed by atoms with van der Waals surface area (Å²) in [4.78, 5) is 38.9. The van der Waals surface area contributed by atoms with E-state index in [4.69, 9.17) is 11.6 Å². The quantitative estimate of drug-likeness (QED) is 0.194. The van der Waals surface area contributed by atoms with Crippen LogP contribution in [0.5, 0.6) is 0 Å². The number of carbonyl (C=O) groups is 2. The van der Waals surface area contributed by atoms with Crippen LogP contribution < -0.4 is 16.2 Å². The van der Waals surface area contributed by atoms with E-state index in [9.17, 15) is 14.4 Å². The van der Waals surface area contributed by atoms with E-state index in [1.807, 2.05) is 13.8 Å². The predicted octanol–water partition coefficient (Wildman–Crippen LogP) is 6.00. The van der Waals surface area contributed by atoms with Gasteiger partial charge in [0.15, 0.2) is 5.82 Å². The van der Waals surface area contributed by atoms with Crippen LogP contribution in [0.3, 0.4) is 0 Å². The lowest BCUT2D eigenvalue weighted by molar-refractivity contribution is -0.148. The van der Waals surface area contributed by atoms with Gasteiger partial charge in [0.05, 0.1) is 0 Å². The van der Waals surface area contributed by atoms with Gasteiger partial charge >= 0.3 is 5.92 Å². The van der Waals surface area contributed by atoms with E-state index in [1.54, 1.807) is 83.3 Å². The SMILES string of the molecule is CC(C)n1cc(-c2ccc(Cl)c(CC(NC(=O)C(F)(F)c3ccccc3)C(=O)Nc3ccc(-c4nncn4C)cc3)c2)ccc1=O. The predicted molar refractivity (Wildman–Crippen MR) is 173 cm³/mol. The summed E-state index contributed by atoms with van der Waals surface area (Å²) in [6.07, 6.45) is 3.08. The molecule has 5 rings (SSSR count). The Morgan fingerprint density at radius 2 is 1.61 bits per heavy atom. The maximum atomic E-state index is 15.2. The fourth-order valence-corrected chi connectivity index (χ4v) is 5.12. The first-order valence-electron chi connectivity index (χ1n) is 14.4. The Balaban J connectivity index is 1.45. The summed E-state index contributed by atoms with van der Waals surface area (Å²) in [5.74, 6) is -5.65. The Bertz CT molecular complexity index is 1920. The molecule has 0 aliphatic rings. The number of aryl methyl sites for hydroxylation is 1. The van der Waals surface area contributed by atoms with Crippen molar-refractivity contribution in [3.05, 3.63) is 124 Å². The molecule has 0 bridgehead atoms. The summed E-state index contributed by atoms with van der Waals surface area (Å²) in [5, 5.41) is 13.2. The summed E-state index contributed by atoms with van der Waals surface area (Å²) >= 11 is 6.54. The van der Waals surface area contributed by atoms with Gasteiger partial charge in [0.2, 0.25) is 5.91 Å². The van der Waals surface area contributed by atoms with Crippen LogP contribution in [0.4, 0.5) is 14.5 Å². The van der Waals surface area contributed by atoms with Crippen LogP contribution in [0.1, 0.15) is 31.0 Å². The van der Waals surface area contributed by atoms with E-state index >= 15 is 8.78 Å². The number of rotatable bonds is 10. The van der Waals surface area contributed by atoms with E-state index in [1.165, 1.54) is 18.2 Å². The average molecular weight is 645 g/mol. The molecular weight excluding hydrogens is 614 g/mol. The number of pyridine rings is 1. The zero-order valence-electron chi connectivity index (χ0n) is 25.2. The van der Waals surface area contributed by atoms with Crippen molar-refractivity contribution in [1.29, 1.82) is 0 Å². The van der Waals surface area contributed by atoms with Gasteiger partial charge in [-0.1, -0.05) is 48.0 Å². The molecule has 0 saturated heterocycles. The zero-order chi connectivity index (χ0) is 33.0. The van der Waals surface area contributed by atoms with Gasteiger partial charge in [0.1, 0.15) is 12.4 Å². The molecule has 5 aromatic rings. The Morgan fingerprint density at radius 1 is 0.935 bits per heavy atom. The van der Waals surface area contributed by atoms with Crippen LogP contribution in [0.2, 0.25) is 5.02 Å². The fraction of sp³-hybridized carbons (Fsp3) is 0.206. The third-order valence-electron chi connectivity index (χ3n) is 7.46. The van der Waals surface area contributed by atoms with Crippen molar-refractivity contribution in [2.45, 2.75) is 38.3 Å². The van der Waals surface area contributed by atoms with Gasteiger partial charge < -0.3 is 19.8 Å². The van der Waals surface area contributed by atoms with E-state index in [0.717, 1.165) is 23.3 Å². The van der Waals surface area contributed by atoms with Crippen molar-refractivity contribution in [3.8, 4) is 22.5 Å². The van der Waals surface area contributed by atoms with Gasteiger partial charge in [0.25, 0.3) is 11.5 Å². The fourth-order valence-electron chi connectivity index (χ4n) is 4.92. The second-order valence-corrected chi connectivity index (χ2v) is 11.5. The van der Waals surface area contributed by atoms with E-state index in [2.05, 4.69) is 20.8 Å². The third-order valence-corrected chi connectivity index (χ3v) is 7.83. The first-order chi connectivity index (χ1) is 21.9. The van der Waals surface area contributed by atoms with Gasteiger partial charge in [-0.25, -0.2) is 0 Å². The third kappa shape index (κ3) is 7.05. The molecule has 2 heterocycles. The Morgan fingerprint density at radius 3 is 2.26 bits per heavy atom. The number of aromatic nitrogens is 4. The minimum Gasteiger partial charge on any atom is -0.338 e. The number of hydrogen-bond acceptors (Lipinski definition) is 5. The minimum atomic E-state index is -3.91. The standard InChI is InChI=1S/C34H31ClF2N6O3/c1-21(2)43-19-24(12-16-30(43)44)23-11-15-28(35)25(17-23)18-29(40-33(46)34(36,37)26-7-5-4-6-8-26)32(45)39-27-13-9-22(10-14-27)31-41-38-20-42(31)3/h4-17,19-21,29H,18H2,1-3H3,(H,39,45)(H,40,46). The normalized spacial score (nSPS) is 12.2. The molecule has 1 unspecified atom stereocenters. The summed E-state index contributed by atoms with van der Waals surface area (Å²) in [5.41, 5.74) is 2.30. The number of hydrogen-bond donors (Lipinski definition) is 2. The maximum Gasteiger partial charge on any atom is 0.349 e. The molecule has 2 N–H and O–H groups in total. The smallest absolute Gasteiger partial charge is 0.338 e. The monoisotopic (exact) mass is 644 g/mol. The number of anilines is 1. The first-order valence-corrected chi connectivity index (χ1v) is 14.8. The highest BCUT2D eigenvalue weighted by atomic mass is 35.5. The number of benzene rings is 3. The molecular formula is C34H31ClF2N6O3. The lowest BCUT2D eigenvalue weighted by Crippen LogP contribution is -2.50. The molecule has 46 heavy (non-hydrogen) atoms. The Labute approximate surface area is 268 Å². The largest absolute Gasteiger partial charge is 0.349 e. The van der Waals surface area contributed by atoms with E-state index in [-0.39, 0.29) is 23.0 Å². The number of carbonyl (C=O) groups excluding carboxylic acids is 2. The van der Waals surface area contributed by atoms with Crippen LogP contribution in [0.15, 0.2) is 102 Å². The van der Waals surface area contributed by atoms with Crippen molar-refractivity contribution >= 4 is 29.1 Å². The van der Waals surface area contributed by atoms with Gasteiger partial charge in [-0.2, -0.15) is 8.78 Å². The number of nitrogens with zero attached hydrogens (tertiary/aromatic N) is 4. The van der Waals surface area contributed by atoms with Gasteiger partial charge in [-0.15, -0.1) is 10.2 Å². The molecule has 236 valence electrons. The van der Waals surface area contributed by atoms with Crippen LogP contribution in [0.25, 0.3) is 22.5 Å². The second kappa shape index (κ2) is 13.5. The van der Waals surface area contributed by atoms with Crippen LogP contribution in [-0.4, -0.2) is 37.2 Å². The molecule has 0 aliphatic heterocycles. The molecule has 2 amide bonds. The summed E-state index contributed by atoms with van der Waals surface area (Å²) < 4.78 is 33.8. The summed E-state index contributed by atoms with van der Waals surface area (Å²) in [6.45, 7) is 3.78. The highest BCUT2D eigenvalue weighted by Crippen LogP contribution is 2.30. The average Bonchev–Trinajstić information content (AvgIpc) is 3.48. The number of alkyl halides is 2. The van der Waals surface area contributed by atoms with Crippen molar-refractivity contribution in [2.75, 3.05) is 5.32 Å². The van der Waals surface area contributed by atoms with Crippen LogP contribution in [-0.2, 0) is 29.0 Å². The van der Waals surface area contributed by atoms with Gasteiger partial charge in [-0.3, -0.25) is 14.4 Å². The van der Waals surface area contributed by atoms with Crippen LogP contribution in [0, 0.1) is 0 Å². The zero-order valence-corrected chi connectivity index (χ0v) is 26.0. The van der Waals surface area contributed by atoms with Crippen molar-refractivity contribution < 1.29 is 18.4 Å². The first kappa shape index (κ1) is 32.2. The topological polar surface area (TPSA) is 111 Å². The van der Waals surface area contributed by atoms with Crippen molar-refractivity contribution in [3.63, 3.8) is 0 Å². The van der Waals surface area contributed by atoms with E-state index in [0.29, 0.717) is 22.6 Å². The lowest BCUT2D eigenvalue weighted by Gasteiger charge is -2.23. The second-order valence-electron chi connectivity index (χ2n) is 11.1. The number of halogens is 3. The van der Waals surface area contributed by atoms with Crippen molar-refractivity contribution in [2.24, 2.45) is 7.05 Å². The van der Waals surface area contributed by atoms with Crippen LogP contribution >= 0.6 is 11.6 Å². The van der Waals surface area contributed by atoms with Gasteiger partial charge in [-0.05, 0) is 73.0 Å². The molecule has 12 heteroatoms. The molecule has 9 nitrogen and oxygen atoms in total. The summed E-state index contributed by atoms with van der Waals surface area (Å²) in [7, 11) is 1.80. The highest BCUT2D eigenvalue weighted by Gasteiger charge is 2.42. The highest BCUT2D eigenvalue weighted by molar-refractivity contribution is 6.31. The molecule has 0 saturated carbocycles. The minimum absolute atomic E-state index is 0.0803. The number of nitrogens with one attached hydrogen (secondary N) is 2. The van der Waals surface area contributed by atoms with Gasteiger partial charge in [0, 0.05) is 53.6 Å². The molecule has 1 atom stereocenters.